The number of amides is 1. The molecule has 30 heavy (non-hydrogen) atoms. The van der Waals surface area contributed by atoms with Crippen molar-refractivity contribution in [3.63, 3.8) is 0 Å². The molecule has 4 rings (SSSR count). The number of carbonyl (C=O) groups is 1. The lowest BCUT2D eigenvalue weighted by Crippen LogP contribution is -2.30. The Balaban J connectivity index is 1.94. The Morgan fingerprint density at radius 3 is 2.63 bits per heavy atom. The molecule has 1 aromatic heterocycles. The highest BCUT2D eigenvalue weighted by atomic mass is 35.5. The first-order valence-electron chi connectivity index (χ1n) is 10.0. The normalized spacial score (nSPS) is 14.7. The van der Waals surface area contributed by atoms with Gasteiger partial charge in [-0.3, -0.25) is 4.79 Å². The van der Waals surface area contributed by atoms with E-state index in [0.29, 0.717) is 15.1 Å². The van der Waals surface area contributed by atoms with E-state index in [1.165, 1.54) is 6.92 Å². The van der Waals surface area contributed by atoms with Gasteiger partial charge in [-0.15, -0.1) is 0 Å². The fraction of sp³-hybridized carbons (Fsp3) is 0.364. The predicted octanol–water partition coefficient (Wildman–Crippen LogP) is 6.43. The summed E-state index contributed by atoms with van der Waals surface area (Å²) in [6.07, 6.45) is 1.70. The van der Waals surface area contributed by atoms with Gasteiger partial charge >= 0.3 is 0 Å². The van der Waals surface area contributed by atoms with Gasteiger partial charge in [0.05, 0.1) is 27.3 Å². The van der Waals surface area contributed by atoms with Gasteiger partial charge in [-0.25, -0.2) is 4.98 Å². The Morgan fingerprint density at radius 1 is 1.20 bits per heavy atom. The lowest BCUT2D eigenvalue weighted by Gasteiger charge is -2.31. The number of aryl methyl sites for hydroxylation is 2. The van der Waals surface area contributed by atoms with E-state index in [2.05, 4.69) is 21.7 Å². The van der Waals surface area contributed by atoms with Crippen LogP contribution in [0.3, 0.4) is 0 Å². The third-order valence-corrected chi connectivity index (χ3v) is 6.32. The molecule has 1 atom stereocenters. The first-order valence-corrected chi connectivity index (χ1v) is 11.1. The molecule has 2 aromatic carbocycles. The Kier molecular flexibility index (Phi) is 5.88. The Hall–Kier alpha value is -1.95. The number of nitrogens with zero attached hydrogens (tertiary/aromatic N) is 3. The molecule has 0 saturated carbocycles. The van der Waals surface area contributed by atoms with E-state index in [1.807, 2.05) is 25.1 Å². The maximum Gasteiger partial charge on any atom is 0.217 e. The van der Waals surface area contributed by atoms with Crippen molar-refractivity contribution in [2.24, 2.45) is 0 Å². The van der Waals surface area contributed by atoms with Gasteiger partial charge in [-0.2, -0.15) is 0 Å². The van der Waals surface area contributed by atoms with Crippen molar-refractivity contribution in [2.75, 3.05) is 11.4 Å². The Labute approximate surface area is 190 Å². The summed E-state index contributed by atoms with van der Waals surface area (Å²) in [7, 11) is 0. The number of imidazole rings is 1. The number of hydrogen-bond acceptors (Lipinski definition) is 3. The minimum Gasteiger partial charge on any atom is -0.349 e. The van der Waals surface area contributed by atoms with Gasteiger partial charge in [0.15, 0.2) is 0 Å². The monoisotopic (exact) mass is 464 g/mol. The maximum atomic E-state index is 11.8. The highest BCUT2D eigenvalue weighted by Crippen LogP contribution is 2.42. The molecule has 1 N–H and O–H groups in total. The minimum absolute atomic E-state index is 0.0615. The maximum absolute atomic E-state index is 11.8. The van der Waals surface area contributed by atoms with Crippen LogP contribution in [0.1, 0.15) is 43.9 Å². The van der Waals surface area contributed by atoms with Crippen molar-refractivity contribution in [1.82, 2.24) is 14.9 Å². The van der Waals surface area contributed by atoms with Gasteiger partial charge in [-0.1, -0.05) is 47.8 Å². The zero-order valence-electron chi connectivity index (χ0n) is 17.1. The van der Waals surface area contributed by atoms with Gasteiger partial charge < -0.3 is 14.8 Å². The van der Waals surface area contributed by atoms with Gasteiger partial charge in [0.25, 0.3) is 0 Å². The van der Waals surface area contributed by atoms with Crippen LogP contribution in [0, 0.1) is 6.92 Å². The van der Waals surface area contributed by atoms with Crippen LogP contribution in [-0.2, 0) is 11.3 Å². The topological polar surface area (TPSA) is 50.2 Å². The number of benzene rings is 2. The SMILES string of the molecule is CCC(NC(C)=O)c1ccc(Cl)c2nc3n(c12)CCCN3c1c(C)cc(Cl)cc1Cl. The fourth-order valence-electron chi connectivity index (χ4n) is 4.30. The third kappa shape index (κ3) is 3.64. The zero-order chi connectivity index (χ0) is 21.6. The number of aromatic nitrogens is 2. The molecule has 0 saturated heterocycles. The van der Waals surface area contributed by atoms with E-state index in [0.717, 1.165) is 59.7 Å². The lowest BCUT2D eigenvalue weighted by molar-refractivity contribution is -0.119. The van der Waals surface area contributed by atoms with Crippen molar-refractivity contribution >= 4 is 63.4 Å². The molecule has 1 aliphatic rings. The minimum atomic E-state index is -0.112. The van der Waals surface area contributed by atoms with Crippen LogP contribution in [-0.4, -0.2) is 22.0 Å². The lowest BCUT2D eigenvalue weighted by atomic mass is 10.0. The van der Waals surface area contributed by atoms with E-state index in [4.69, 9.17) is 39.8 Å². The number of hydrogen-bond donors (Lipinski definition) is 1. The smallest absolute Gasteiger partial charge is 0.217 e. The molecule has 0 aliphatic carbocycles. The molecule has 1 amide bonds. The van der Waals surface area contributed by atoms with E-state index in [1.54, 1.807) is 6.07 Å². The summed E-state index contributed by atoms with van der Waals surface area (Å²) in [5.41, 5.74) is 4.62. The number of fused-ring (bicyclic) bond motifs is 3. The molecule has 1 unspecified atom stereocenters. The van der Waals surface area contributed by atoms with E-state index in [-0.39, 0.29) is 11.9 Å². The van der Waals surface area contributed by atoms with Gasteiger partial charge in [-0.05, 0) is 43.5 Å². The summed E-state index contributed by atoms with van der Waals surface area (Å²) in [5.74, 6) is 0.740. The second-order valence-corrected chi connectivity index (χ2v) is 8.87. The first-order chi connectivity index (χ1) is 14.3. The van der Waals surface area contributed by atoms with Gasteiger partial charge in [0, 0.05) is 30.6 Å². The van der Waals surface area contributed by atoms with Crippen LogP contribution in [0.4, 0.5) is 11.6 Å². The number of rotatable bonds is 4. The molecule has 5 nitrogen and oxygen atoms in total. The Morgan fingerprint density at radius 2 is 1.97 bits per heavy atom. The fourth-order valence-corrected chi connectivity index (χ4v) is 5.19. The quantitative estimate of drug-likeness (QED) is 0.483. The number of halogens is 3. The van der Waals surface area contributed by atoms with Crippen LogP contribution < -0.4 is 10.2 Å². The van der Waals surface area contributed by atoms with Crippen LogP contribution in [0.2, 0.25) is 15.1 Å². The molecule has 158 valence electrons. The largest absolute Gasteiger partial charge is 0.349 e. The molecule has 0 bridgehead atoms. The first kappa shape index (κ1) is 21.3. The van der Waals surface area contributed by atoms with Crippen molar-refractivity contribution < 1.29 is 4.79 Å². The van der Waals surface area contributed by atoms with Crippen LogP contribution in [0.5, 0.6) is 0 Å². The molecular formula is C22H23Cl3N4O. The summed E-state index contributed by atoms with van der Waals surface area (Å²) >= 11 is 19.3. The highest BCUT2D eigenvalue weighted by molar-refractivity contribution is 6.37. The predicted molar refractivity (Wildman–Crippen MR) is 124 cm³/mol. The van der Waals surface area contributed by atoms with Crippen molar-refractivity contribution in [1.29, 1.82) is 0 Å². The summed E-state index contributed by atoms with van der Waals surface area (Å²) in [4.78, 5) is 18.8. The molecule has 2 heterocycles. The van der Waals surface area contributed by atoms with Crippen molar-refractivity contribution in [3.8, 4) is 0 Å². The van der Waals surface area contributed by atoms with Crippen LogP contribution >= 0.6 is 34.8 Å². The molecule has 0 radical (unpaired) electrons. The number of carbonyl (C=O) groups excluding carboxylic acids is 1. The summed E-state index contributed by atoms with van der Waals surface area (Å²) in [6, 6.07) is 7.40. The molecule has 0 spiro atoms. The van der Waals surface area contributed by atoms with Gasteiger partial charge in [0.2, 0.25) is 11.9 Å². The number of nitrogens with one attached hydrogen (secondary N) is 1. The Bertz CT molecular complexity index is 1120. The highest BCUT2D eigenvalue weighted by Gasteiger charge is 2.29. The summed E-state index contributed by atoms with van der Waals surface area (Å²) in [6.45, 7) is 7.20. The van der Waals surface area contributed by atoms with Crippen LogP contribution in [0.25, 0.3) is 11.0 Å². The molecule has 1 aliphatic heterocycles. The van der Waals surface area contributed by atoms with Gasteiger partial charge in [0.1, 0.15) is 5.52 Å². The third-order valence-electron chi connectivity index (χ3n) is 5.51. The second-order valence-electron chi connectivity index (χ2n) is 7.62. The van der Waals surface area contributed by atoms with Crippen molar-refractivity contribution in [3.05, 3.63) is 50.5 Å². The zero-order valence-corrected chi connectivity index (χ0v) is 19.4. The molecule has 0 fully saturated rings. The molecular weight excluding hydrogens is 443 g/mol. The van der Waals surface area contributed by atoms with E-state index >= 15 is 0 Å². The summed E-state index contributed by atoms with van der Waals surface area (Å²) < 4.78 is 2.19. The average Bonchev–Trinajstić information content (AvgIpc) is 3.07. The standard InChI is InChI=1S/C22H23Cl3N4O/c1-4-18(26-13(3)30)15-6-7-16(24)19-21(15)29-9-5-8-28(22(29)27-19)20-12(2)10-14(23)11-17(20)25/h6-7,10-11,18H,4-5,8-9H2,1-3H3,(H,26,30). The molecule has 3 aromatic rings. The second kappa shape index (κ2) is 8.29. The molecule has 8 heteroatoms. The average molecular weight is 466 g/mol. The number of anilines is 2. The summed E-state index contributed by atoms with van der Waals surface area (Å²) in [5, 5.41) is 4.84. The van der Waals surface area contributed by atoms with Crippen molar-refractivity contribution in [2.45, 2.75) is 46.2 Å². The van der Waals surface area contributed by atoms with E-state index < -0.39 is 0 Å². The van der Waals surface area contributed by atoms with E-state index in [9.17, 15) is 4.79 Å². The van der Waals surface area contributed by atoms with Crippen LogP contribution in [0.15, 0.2) is 24.3 Å².